The zero-order valence-electron chi connectivity index (χ0n) is 12.1. The molecule has 16 heteroatoms. The molecule has 0 rings (SSSR count). The van der Waals surface area contributed by atoms with Gasteiger partial charge in [0.2, 0.25) is 0 Å². The molecule has 8 nitrogen and oxygen atoms in total. The molecule has 0 radical (unpaired) electrons. The second-order valence-electron chi connectivity index (χ2n) is 4.06. The highest BCUT2D eigenvalue weighted by atomic mass is 32.3. The highest BCUT2D eigenvalue weighted by molar-refractivity contribution is 8.13. The van der Waals surface area contributed by atoms with E-state index in [1.807, 2.05) is 37.7 Å². The Morgan fingerprint density at radius 2 is 1.17 bits per heavy atom. The lowest BCUT2D eigenvalue weighted by Crippen LogP contribution is -2.36. The molecule has 0 aliphatic rings. The van der Waals surface area contributed by atoms with Crippen LogP contribution in [-0.4, -0.2) is 71.5 Å². The minimum atomic E-state index is -6.72. The molecule has 140 valence electrons. The van der Waals surface area contributed by atoms with E-state index in [1.165, 1.54) is 0 Å². The van der Waals surface area contributed by atoms with Crippen LogP contribution in [0.2, 0.25) is 0 Å². The number of hydrogen-bond acceptors (Lipinski definition) is 4. The predicted octanol–water partition coefficient (Wildman–Crippen LogP) is 0.194. The van der Waals surface area contributed by atoms with Crippen LogP contribution in [0, 0.1) is 0 Å². The summed E-state index contributed by atoms with van der Waals surface area (Å²) in [4.78, 5) is 1.86. The summed E-state index contributed by atoms with van der Waals surface area (Å²) in [5.41, 5.74) is -6.88. The van der Waals surface area contributed by atoms with E-state index in [0.717, 1.165) is 10.1 Å². The van der Waals surface area contributed by atoms with E-state index in [2.05, 4.69) is 0 Å². The van der Waals surface area contributed by atoms with Crippen molar-refractivity contribution in [2.45, 2.75) is 11.0 Å². The van der Waals surface area contributed by atoms with Gasteiger partial charge in [-0.15, -0.1) is 0 Å². The van der Waals surface area contributed by atoms with Crippen molar-refractivity contribution in [2.75, 3.05) is 28.2 Å². The molecule has 0 aromatic heterocycles. The summed E-state index contributed by atoms with van der Waals surface area (Å²) in [6.45, 7) is 0. The minimum Gasteiger partial charge on any atom is -0.421 e. The maximum atomic E-state index is 11.4. The zero-order chi connectivity index (χ0) is 19.4. The van der Waals surface area contributed by atoms with Gasteiger partial charge in [-0.25, -0.2) is 16.8 Å². The summed E-state index contributed by atoms with van der Waals surface area (Å²) >= 11 is 0. The molecular formula is C7H14F6N4O4S2. The van der Waals surface area contributed by atoms with E-state index in [-0.39, 0.29) is 0 Å². The van der Waals surface area contributed by atoms with E-state index >= 15 is 0 Å². The SMILES string of the molecule is CN(C)C(N)=[N+](C)C.O=S(=O)([N-]S(=O)(=O)C(F)(F)F)C(F)(F)F. The number of nitrogens with zero attached hydrogens (tertiary/aromatic N) is 3. The Kier molecular flexibility index (Phi) is 7.84. The van der Waals surface area contributed by atoms with Crippen molar-refractivity contribution in [2.24, 2.45) is 5.73 Å². The molecule has 0 saturated carbocycles. The van der Waals surface area contributed by atoms with Crippen LogP contribution >= 0.6 is 0 Å². The topological polar surface area (TPSA) is 115 Å². The Labute approximate surface area is 128 Å². The molecule has 23 heavy (non-hydrogen) atoms. The van der Waals surface area contributed by atoms with Crippen molar-refractivity contribution in [3.05, 3.63) is 4.13 Å². The summed E-state index contributed by atoms with van der Waals surface area (Å²) in [5, 5.41) is 0. The Bertz CT molecular complexity index is 589. The molecule has 0 amide bonds. The van der Waals surface area contributed by atoms with E-state index in [1.54, 1.807) is 0 Å². The third kappa shape index (κ3) is 7.69. The first-order valence-corrected chi connectivity index (χ1v) is 7.98. The van der Waals surface area contributed by atoms with Gasteiger partial charge < -0.3 is 4.13 Å². The van der Waals surface area contributed by atoms with Crippen LogP contribution in [0.25, 0.3) is 4.13 Å². The van der Waals surface area contributed by atoms with Gasteiger partial charge in [-0.1, -0.05) is 0 Å². The van der Waals surface area contributed by atoms with Crippen LogP contribution in [-0.2, 0) is 20.0 Å². The molecule has 0 atom stereocenters. The third-order valence-electron chi connectivity index (χ3n) is 1.70. The average molecular weight is 396 g/mol. The van der Waals surface area contributed by atoms with Gasteiger partial charge >= 0.3 is 17.0 Å². The summed E-state index contributed by atoms with van der Waals surface area (Å²) in [5.74, 6) is 0.769. The fourth-order valence-electron chi connectivity index (χ4n) is 0.614. The van der Waals surface area contributed by atoms with E-state index in [4.69, 9.17) is 5.73 Å². The molecule has 0 aliphatic carbocycles. The van der Waals surface area contributed by atoms with Gasteiger partial charge in [-0.3, -0.25) is 15.2 Å². The van der Waals surface area contributed by atoms with E-state index in [0.29, 0.717) is 0 Å². The van der Waals surface area contributed by atoms with Crippen LogP contribution < -0.4 is 5.73 Å². The summed E-state index contributed by atoms with van der Waals surface area (Å²) in [6, 6.07) is 0. The highest BCUT2D eigenvalue weighted by Crippen LogP contribution is 2.36. The number of sulfonamides is 2. The minimum absolute atomic E-state index is 0.769. The largest absolute Gasteiger partial charge is 0.480 e. The predicted molar refractivity (Wildman–Crippen MR) is 68.3 cm³/mol. The number of rotatable bonds is 2. The van der Waals surface area contributed by atoms with Gasteiger partial charge in [0, 0.05) is 0 Å². The first kappa shape index (κ1) is 24.0. The zero-order valence-corrected chi connectivity index (χ0v) is 13.8. The second kappa shape index (κ2) is 7.52. The van der Waals surface area contributed by atoms with Crippen molar-refractivity contribution >= 4 is 26.0 Å². The maximum absolute atomic E-state index is 11.4. The molecule has 0 heterocycles. The number of nitrogens with two attached hydrogens (primary N) is 1. The van der Waals surface area contributed by atoms with Crippen molar-refractivity contribution in [1.82, 2.24) is 4.90 Å². The monoisotopic (exact) mass is 396 g/mol. The van der Waals surface area contributed by atoms with Gasteiger partial charge in [0.05, 0.1) is 28.2 Å². The van der Waals surface area contributed by atoms with Crippen molar-refractivity contribution in [1.29, 1.82) is 0 Å². The van der Waals surface area contributed by atoms with Crippen molar-refractivity contribution in [3.8, 4) is 0 Å². The Balaban J connectivity index is 0. The molecule has 0 aromatic rings. The van der Waals surface area contributed by atoms with Gasteiger partial charge in [0.15, 0.2) is 20.0 Å². The van der Waals surface area contributed by atoms with Crippen LogP contribution in [0.3, 0.4) is 0 Å². The van der Waals surface area contributed by atoms with Crippen molar-refractivity contribution in [3.63, 3.8) is 0 Å². The normalized spacial score (nSPS) is 13.0. The van der Waals surface area contributed by atoms with Crippen molar-refractivity contribution < 1.29 is 47.8 Å². The molecule has 0 aliphatic heterocycles. The average Bonchev–Trinajstić information content (AvgIpc) is 2.23. The Morgan fingerprint density at radius 3 is 1.26 bits per heavy atom. The second-order valence-corrected chi connectivity index (χ2v) is 7.49. The quantitative estimate of drug-likeness (QED) is 0.309. The van der Waals surface area contributed by atoms with Gasteiger partial charge in [0.25, 0.3) is 0 Å². The molecule has 0 fully saturated rings. The van der Waals surface area contributed by atoms with E-state index < -0.39 is 31.1 Å². The smallest absolute Gasteiger partial charge is 0.421 e. The fourth-order valence-corrected chi connectivity index (χ4v) is 2.32. The number of alkyl halides is 6. The van der Waals surface area contributed by atoms with Crippen LogP contribution in [0.1, 0.15) is 0 Å². The number of halogens is 6. The molecule has 0 aromatic carbocycles. The number of guanidine groups is 1. The summed E-state index contributed by atoms with van der Waals surface area (Å²) in [6.07, 6.45) is 0. The molecule has 0 unspecified atom stereocenters. The lowest BCUT2D eigenvalue weighted by molar-refractivity contribution is -0.470. The number of hydrogen-bond donors (Lipinski definition) is 1. The van der Waals surface area contributed by atoms with Gasteiger partial charge in [0.1, 0.15) is 0 Å². The summed E-state index contributed by atoms with van der Waals surface area (Å²) in [7, 11) is -5.79. The molecule has 0 saturated heterocycles. The Hall–Kier alpha value is -1.29. The van der Waals surface area contributed by atoms with Crippen LogP contribution in [0.5, 0.6) is 0 Å². The highest BCUT2D eigenvalue weighted by Gasteiger charge is 2.46. The van der Waals surface area contributed by atoms with E-state index in [9.17, 15) is 43.2 Å². The maximum Gasteiger partial charge on any atom is 0.480 e. The van der Waals surface area contributed by atoms with Crippen LogP contribution in [0.4, 0.5) is 26.3 Å². The Morgan fingerprint density at radius 1 is 0.913 bits per heavy atom. The van der Waals surface area contributed by atoms with Crippen LogP contribution in [0.15, 0.2) is 0 Å². The molecular weight excluding hydrogens is 382 g/mol. The third-order valence-corrected chi connectivity index (χ3v) is 4.44. The standard InChI is InChI=1S/C5H13N3.C2F6NO4S2/c1-7(2)5(6)8(3)4;3-1(4,5)14(10,11)9-15(12,13)2(6,7)8/h6H,1-4H3;/q;-1/p+1. The summed E-state index contributed by atoms with van der Waals surface area (Å²) < 4.78 is 111. The molecule has 2 N–H and O–H groups in total. The first-order chi connectivity index (χ1) is 9.76. The van der Waals surface area contributed by atoms with Gasteiger partial charge in [-0.2, -0.15) is 26.3 Å². The lowest BCUT2D eigenvalue weighted by atomic mass is 10.8. The molecule has 0 spiro atoms. The fraction of sp³-hybridized carbons (Fsp3) is 0.857. The first-order valence-electron chi connectivity index (χ1n) is 5.10. The van der Waals surface area contributed by atoms with Gasteiger partial charge in [-0.05, 0) is 0 Å². The lowest BCUT2D eigenvalue weighted by Gasteiger charge is -2.22. The molecule has 0 bridgehead atoms.